The van der Waals surface area contributed by atoms with Crippen molar-refractivity contribution >= 4 is 28.6 Å². The number of halogens is 1. The van der Waals surface area contributed by atoms with Gasteiger partial charge in [-0.2, -0.15) is 0 Å². The monoisotopic (exact) mass is 252 g/mol. The topological polar surface area (TPSA) is 44.1 Å². The highest BCUT2D eigenvalue weighted by atomic mass is 35.5. The number of rotatable bonds is 3. The van der Waals surface area contributed by atoms with Crippen LogP contribution in [0.1, 0.15) is 18.8 Å². The molecule has 0 fully saturated rings. The summed E-state index contributed by atoms with van der Waals surface area (Å²) in [4.78, 5) is 16.0. The van der Waals surface area contributed by atoms with Gasteiger partial charge in [-0.1, -0.05) is 12.1 Å². The van der Waals surface area contributed by atoms with Gasteiger partial charge in [-0.25, -0.2) is 9.78 Å². The second-order valence-electron chi connectivity index (χ2n) is 3.72. The second-order valence-corrected chi connectivity index (χ2v) is 3.99. The van der Waals surface area contributed by atoms with E-state index >= 15 is 0 Å². The number of aromatic nitrogens is 2. The van der Waals surface area contributed by atoms with Gasteiger partial charge >= 0.3 is 5.97 Å². The molecule has 0 amide bonds. The molecule has 2 aromatic rings. The van der Waals surface area contributed by atoms with Crippen LogP contribution in [0.25, 0.3) is 11.0 Å². The van der Waals surface area contributed by atoms with Gasteiger partial charge in [0.1, 0.15) is 11.9 Å². The van der Waals surface area contributed by atoms with Gasteiger partial charge in [0.25, 0.3) is 0 Å². The normalized spacial score (nSPS) is 12.6. The van der Waals surface area contributed by atoms with E-state index in [2.05, 4.69) is 4.98 Å². The number of hydrogen-bond donors (Lipinski definition) is 0. The van der Waals surface area contributed by atoms with Crippen molar-refractivity contribution in [1.29, 1.82) is 0 Å². The Labute approximate surface area is 104 Å². The number of nitrogens with zero attached hydrogens (tertiary/aromatic N) is 2. The summed E-state index contributed by atoms with van der Waals surface area (Å²) in [7, 11) is 1.37. The van der Waals surface area contributed by atoms with E-state index in [9.17, 15) is 4.79 Å². The van der Waals surface area contributed by atoms with Gasteiger partial charge in [0, 0.05) is 0 Å². The molecule has 0 radical (unpaired) electrons. The Kier molecular flexibility index (Phi) is 3.33. The van der Waals surface area contributed by atoms with Crippen LogP contribution in [0, 0.1) is 0 Å². The third-order valence-electron chi connectivity index (χ3n) is 2.72. The number of benzene rings is 1. The van der Waals surface area contributed by atoms with Gasteiger partial charge in [0.2, 0.25) is 0 Å². The molecular weight excluding hydrogens is 240 g/mol. The van der Waals surface area contributed by atoms with Gasteiger partial charge in [-0.15, -0.1) is 11.6 Å². The summed E-state index contributed by atoms with van der Waals surface area (Å²) in [5, 5.41) is 0. The number of ether oxygens (including phenoxy) is 1. The van der Waals surface area contributed by atoms with E-state index in [0.717, 1.165) is 11.0 Å². The summed E-state index contributed by atoms with van der Waals surface area (Å²) < 4.78 is 6.57. The van der Waals surface area contributed by atoms with Gasteiger partial charge < -0.3 is 9.30 Å². The summed E-state index contributed by atoms with van der Waals surface area (Å²) in [6.45, 7) is 1.77. The van der Waals surface area contributed by atoms with Crippen molar-refractivity contribution in [3.8, 4) is 0 Å². The zero-order chi connectivity index (χ0) is 12.4. The lowest BCUT2D eigenvalue weighted by atomic mass is 10.2. The van der Waals surface area contributed by atoms with Crippen LogP contribution < -0.4 is 0 Å². The standard InChI is InChI=1S/C12H13ClN2O2/c1-8(12(16)17-2)15-10-6-4-3-5-9(10)14-11(15)7-13/h3-6,8H,7H2,1-2H3. The molecular formula is C12H13ClN2O2. The fourth-order valence-corrected chi connectivity index (χ4v) is 2.09. The van der Waals surface area contributed by atoms with Crippen LogP contribution in [0.3, 0.4) is 0 Å². The van der Waals surface area contributed by atoms with Gasteiger partial charge in [0.05, 0.1) is 24.0 Å². The SMILES string of the molecule is COC(=O)C(C)n1c(CCl)nc2ccccc21. The van der Waals surface area contributed by atoms with E-state index in [1.165, 1.54) is 7.11 Å². The summed E-state index contributed by atoms with van der Waals surface area (Å²) in [6.07, 6.45) is 0. The molecule has 1 unspecified atom stereocenters. The number of hydrogen-bond acceptors (Lipinski definition) is 3. The predicted molar refractivity (Wildman–Crippen MR) is 66.0 cm³/mol. The number of carbonyl (C=O) groups is 1. The van der Waals surface area contributed by atoms with E-state index < -0.39 is 6.04 Å². The quantitative estimate of drug-likeness (QED) is 0.623. The Bertz CT molecular complexity index is 550. The molecule has 0 saturated carbocycles. The molecule has 90 valence electrons. The number of para-hydroxylation sites is 2. The zero-order valence-electron chi connectivity index (χ0n) is 9.68. The Hall–Kier alpha value is -1.55. The first kappa shape index (κ1) is 11.9. The van der Waals surface area contributed by atoms with E-state index in [-0.39, 0.29) is 11.8 Å². The van der Waals surface area contributed by atoms with Crippen LogP contribution in [0.5, 0.6) is 0 Å². The molecule has 0 aliphatic rings. The van der Waals surface area contributed by atoms with Crippen LogP contribution in [-0.2, 0) is 15.4 Å². The van der Waals surface area contributed by atoms with Crippen LogP contribution >= 0.6 is 11.6 Å². The van der Waals surface area contributed by atoms with Crippen LogP contribution in [0.4, 0.5) is 0 Å². The number of carbonyl (C=O) groups excluding carboxylic acids is 1. The second kappa shape index (κ2) is 4.75. The molecule has 2 rings (SSSR count). The predicted octanol–water partition coefficient (Wildman–Crippen LogP) is 2.51. The molecule has 17 heavy (non-hydrogen) atoms. The lowest BCUT2D eigenvalue weighted by Gasteiger charge is -2.14. The Morgan fingerprint density at radius 3 is 2.88 bits per heavy atom. The molecule has 1 heterocycles. The third-order valence-corrected chi connectivity index (χ3v) is 2.96. The first-order chi connectivity index (χ1) is 8.19. The zero-order valence-corrected chi connectivity index (χ0v) is 10.4. The van der Waals surface area contributed by atoms with Crippen LogP contribution in [-0.4, -0.2) is 22.6 Å². The molecule has 0 N–H and O–H groups in total. The minimum Gasteiger partial charge on any atom is -0.467 e. The number of imidazole rings is 1. The third kappa shape index (κ3) is 2.00. The smallest absolute Gasteiger partial charge is 0.328 e. The van der Waals surface area contributed by atoms with Gasteiger partial charge in [0.15, 0.2) is 0 Å². The summed E-state index contributed by atoms with van der Waals surface area (Å²) in [5.74, 6) is 0.626. The summed E-state index contributed by atoms with van der Waals surface area (Å²) >= 11 is 5.86. The number of methoxy groups -OCH3 is 1. The fourth-order valence-electron chi connectivity index (χ4n) is 1.90. The lowest BCUT2D eigenvalue weighted by Crippen LogP contribution is -2.19. The number of alkyl halides is 1. The average Bonchev–Trinajstić information content (AvgIpc) is 2.75. The van der Waals surface area contributed by atoms with Gasteiger partial charge in [-0.05, 0) is 19.1 Å². The van der Waals surface area contributed by atoms with Crippen molar-refractivity contribution in [2.75, 3.05) is 7.11 Å². The van der Waals surface area contributed by atoms with Crippen LogP contribution in [0.15, 0.2) is 24.3 Å². The highest BCUT2D eigenvalue weighted by molar-refractivity contribution is 6.16. The first-order valence-corrected chi connectivity index (χ1v) is 5.82. The largest absolute Gasteiger partial charge is 0.467 e. The minimum atomic E-state index is -0.429. The first-order valence-electron chi connectivity index (χ1n) is 5.28. The van der Waals surface area contributed by atoms with E-state index in [1.807, 2.05) is 28.8 Å². The Morgan fingerprint density at radius 2 is 2.24 bits per heavy atom. The molecule has 1 aromatic heterocycles. The molecule has 1 atom stereocenters. The van der Waals surface area contributed by atoms with Crippen molar-refractivity contribution in [2.45, 2.75) is 18.8 Å². The summed E-state index contributed by atoms with van der Waals surface area (Å²) in [6, 6.07) is 7.19. The lowest BCUT2D eigenvalue weighted by molar-refractivity contribution is -0.143. The summed E-state index contributed by atoms with van der Waals surface area (Å²) in [5.41, 5.74) is 1.72. The highest BCUT2D eigenvalue weighted by Crippen LogP contribution is 2.22. The maximum absolute atomic E-state index is 11.6. The van der Waals surface area contributed by atoms with E-state index in [0.29, 0.717) is 5.82 Å². The van der Waals surface area contributed by atoms with Crippen molar-refractivity contribution < 1.29 is 9.53 Å². The fraction of sp³-hybridized carbons (Fsp3) is 0.333. The van der Waals surface area contributed by atoms with Crippen molar-refractivity contribution in [3.63, 3.8) is 0 Å². The molecule has 0 bridgehead atoms. The number of esters is 1. The van der Waals surface area contributed by atoms with Crippen molar-refractivity contribution in [3.05, 3.63) is 30.1 Å². The van der Waals surface area contributed by atoms with E-state index in [4.69, 9.17) is 16.3 Å². The van der Waals surface area contributed by atoms with Crippen molar-refractivity contribution in [2.24, 2.45) is 0 Å². The molecule has 0 aliphatic carbocycles. The molecule has 0 saturated heterocycles. The minimum absolute atomic E-state index is 0.260. The molecule has 0 aliphatic heterocycles. The average molecular weight is 253 g/mol. The molecule has 5 heteroatoms. The molecule has 1 aromatic carbocycles. The number of fused-ring (bicyclic) bond motifs is 1. The maximum atomic E-state index is 11.6. The maximum Gasteiger partial charge on any atom is 0.328 e. The van der Waals surface area contributed by atoms with Crippen molar-refractivity contribution in [1.82, 2.24) is 9.55 Å². The van der Waals surface area contributed by atoms with Crippen LogP contribution in [0.2, 0.25) is 0 Å². The van der Waals surface area contributed by atoms with Gasteiger partial charge in [-0.3, -0.25) is 0 Å². The Balaban J connectivity index is 2.61. The molecule has 4 nitrogen and oxygen atoms in total. The Morgan fingerprint density at radius 1 is 1.53 bits per heavy atom. The van der Waals surface area contributed by atoms with E-state index in [1.54, 1.807) is 6.92 Å². The molecule has 0 spiro atoms. The highest BCUT2D eigenvalue weighted by Gasteiger charge is 2.21.